The minimum atomic E-state index is 0.955. The highest BCUT2D eigenvalue weighted by Crippen LogP contribution is 2.52. The summed E-state index contributed by atoms with van der Waals surface area (Å²) in [6, 6.07) is 42.1. The third-order valence-corrected chi connectivity index (χ3v) is 8.64. The van der Waals surface area contributed by atoms with E-state index in [0.717, 1.165) is 11.2 Å². The average molecular weight is 482 g/mol. The first-order chi connectivity index (χ1) is 18.8. The van der Waals surface area contributed by atoms with E-state index in [1.165, 1.54) is 81.7 Å². The Labute approximate surface area is 216 Å². The Morgan fingerprint density at radius 2 is 1.24 bits per heavy atom. The van der Waals surface area contributed by atoms with Crippen molar-refractivity contribution in [2.75, 3.05) is 0 Å². The number of hydrogen-bond acceptors (Lipinski definition) is 1. The Balaban J connectivity index is 1.57. The van der Waals surface area contributed by atoms with Crippen molar-refractivity contribution >= 4 is 76.1 Å². The van der Waals surface area contributed by atoms with Gasteiger partial charge in [0.25, 0.3) is 0 Å². The van der Waals surface area contributed by atoms with E-state index in [2.05, 4.69) is 120 Å². The van der Waals surface area contributed by atoms with Crippen molar-refractivity contribution in [2.45, 2.75) is 0 Å². The third kappa shape index (κ3) is 2.13. The molecule has 0 bridgehead atoms. The van der Waals surface area contributed by atoms with E-state index in [1.807, 2.05) is 0 Å². The third-order valence-electron chi connectivity index (χ3n) is 8.64. The Bertz CT molecular complexity index is 2510. The van der Waals surface area contributed by atoms with Crippen molar-refractivity contribution in [3.05, 3.63) is 115 Å². The van der Waals surface area contributed by atoms with Gasteiger partial charge in [-0.1, -0.05) is 78.9 Å². The first-order valence-electron chi connectivity index (χ1n) is 13.1. The number of hydrogen-bond donors (Lipinski definition) is 0. The van der Waals surface area contributed by atoms with Crippen LogP contribution in [0, 0.1) is 0 Å². The van der Waals surface area contributed by atoms with Crippen LogP contribution in [0.5, 0.6) is 0 Å². The lowest BCUT2D eigenvalue weighted by Crippen LogP contribution is -1.95. The Hall–Kier alpha value is -5.08. The number of benzene rings is 7. The lowest BCUT2D eigenvalue weighted by atomic mass is 9.94. The van der Waals surface area contributed by atoms with Gasteiger partial charge in [-0.2, -0.15) is 0 Å². The van der Waals surface area contributed by atoms with Gasteiger partial charge in [-0.05, 0) is 69.1 Å². The summed E-state index contributed by atoms with van der Waals surface area (Å²) in [6.45, 7) is 0. The van der Waals surface area contributed by atoms with Crippen molar-refractivity contribution < 1.29 is 4.42 Å². The summed E-state index contributed by atoms with van der Waals surface area (Å²) < 4.78 is 8.93. The number of rotatable bonds is 1. The van der Waals surface area contributed by atoms with Gasteiger partial charge < -0.3 is 8.98 Å². The van der Waals surface area contributed by atoms with Gasteiger partial charge in [-0.15, -0.1) is 0 Å². The van der Waals surface area contributed by atoms with Gasteiger partial charge in [0.15, 0.2) is 0 Å². The fourth-order valence-electron chi connectivity index (χ4n) is 7.11. The number of furan rings is 1. The standard InChI is InChI=1S/C36H19NO/c1-2-7-22-18-24(15-12-20(22)6-1)37-28-16-13-21-14-17-30-35-31(21)34(28)33-27(26-10-5-11-29(38-30)32(26)35)19-23-8-3-4-9-25(23)36(33)37/h1-19H. The van der Waals surface area contributed by atoms with E-state index < -0.39 is 0 Å². The van der Waals surface area contributed by atoms with Crippen molar-refractivity contribution in [1.82, 2.24) is 4.57 Å². The van der Waals surface area contributed by atoms with E-state index in [9.17, 15) is 0 Å². The Morgan fingerprint density at radius 3 is 2.18 bits per heavy atom. The molecule has 0 amide bonds. The maximum atomic E-state index is 6.44. The van der Waals surface area contributed by atoms with Crippen molar-refractivity contribution in [3.8, 4) is 16.8 Å². The van der Waals surface area contributed by atoms with E-state index in [0.29, 0.717) is 0 Å². The molecule has 2 aromatic heterocycles. The first kappa shape index (κ1) is 19.1. The summed E-state index contributed by atoms with van der Waals surface area (Å²) in [5, 5.41) is 12.7. The number of fused-ring (bicyclic) bond motifs is 4. The summed E-state index contributed by atoms with van der Waals surface area (Å²) >= 11 is 0. The Morgan fingerprint density at radius 1 is 0.447 bits per heavy atom. The van der Waals surface area contributed by atoms with E-state index in [4.69, 9.17) is 4.42 Å². The highest BCUT2D eigenvalue weighted by molar-refractivity contribution is 6.39. The summed E-state index contributed by atoms with van der Waals surface area (Å²) in [7, 11) is 0. The average Bonchev–Trinajstić information content (AvgIpc) is 3.49. The quantitative estimate of drug-likeness (QED) is 0.228. The largest absolute Gasteiger partial charge is 0.456 e. The van der Waals surface area contributed by atoms with Crippen molar-refractivity contribution in [3.63, 3.8) is 0 Å². The molecule has 9 aromatic rings. The molecule has 1 aliphatic carbocycles. The zero-order valence-corrected chi connectivity index (χ0v) is 20.3. The molecule has 0 spiro atoms. The van der Waals surface area contributed by atoms with Crippen LogP contribution in [0.3, 0.4) is 0 Å². The van der Waals surface area contributed by atoms with Gasteiger partial charge in [0.1, 0.15) is 11.2 Å². The van der Waals surface area contributed by atoms with Crippen LogP contribution in [0.1, 0.15) is 0 Å². The molecule has 2 heterocycles. The predicted molar refractivity (Wildman–Crippen MR) is 160 cm³/mol. The molecule has 0 unspecified atom stereocenters. The molecule has 10 rings (SSSR count). The maximum Gasteiger partial charge on any atom is 0.136 e. The van der Waals surface area contributed by atoms with Gasteiger partial charge in [-0.25, -0.2) is 0 Å². The van der Waals surface area contributed by atoms with Gasteiger partial charge in [-0.3, -0.25) is 0 Å². The molecule has 0 atom stereocenters. The van der Waals surface area contributed by atoms with Crippen LogP contribution in [0.4, 0.5) is 0 Å². The zero-order valence-electron chi connectivity index (χ0n) is 20.3. The molecule has 0 saturated heterocycles. The van der Waals surface area contributed by atoms with Gasteiger partial charge in [0.2, 0.25) is 0 Å². The van der Waals surface area contributed by atoms with E-state index in [-0.39, 0.29) is 0 Å². The molecule has 1 aliphatic rings. The van der Waals surface area contributed by atoms with Gasteiger partial charge in [0.05, 0.1) is 11.0 Å². The van der Waals surface area contributed by atoms with E-state index >= 15 is 0 Å². The summed E-state index contributed by atoms with van der Waals surface area (Å²) in [5.41, 5.74) is 8.12. The monoisotopic (exact) mass is 481 g/mol. The molecule has 0 N–H and O–H groups in total. The molecular formula is C36H19NO. The van der Waals surface area contributed by atoms with Crippen LogP contribution in [-0.4, -0.2) is 4.57 Å². The highest BCUT2D eigenvalue weighted by Gasteiger charge is 2.27. The molecule has 38 heavy (non-hydrogen) atoms. The second-order valence-corrected chi connectivity index (χ2v) is 10.5. The van der Waals surface area contributed by atoms with Crippen LogP contribution >= 0.6 is 0 Å². The summed E-state index contributed by atoms with van der Waals surface area (Å²) in [5.74, 6) is 0. The molecule has 0 aliphatic heterocycles. The molecule has 0 radical (unpaired) electrons. The molecular weight excluding hydrogens is 462 g/mol. The van der Waals surface area contributed by atoms with Crippen LogP contribution in [0.15, 0.2) is 120 Å². The van der Waals surface area contributed by atoms with Crippen molar-refractivity contribution in [2.24, 2.45) is 0 Å². The molecule has 0 fully saturated rings. The SMILES string of the molecule is c1ccc2cc(-n3c4ccc5ccc6oc7cccc8c7c6c5c4c4c-8cc5ccccc5c43)ccc2c1. The second kappa shape index (κ2) is 6.42. The zero-order chi connectivity index (χ0) is 24.5. The topological polar surface area (TPSA) is 18.1 Å². The van der Waals surface area contributed by atoms with Crippen molar-refractivity contribution in [1.29, 1.82) is 0 Å². The maximum absolute atomic E-state index is 6.44. The molecule has 0 saturated carbocycles. The lowest BCUT2D eigenvalue weighted by Gasteiger charge is -2.13. The van der Waals surface area contributed by atoms with Crippen LogP contribution in [0.2, 0.25) is 0 Å². The van der Waals surface area contributed by atoms with Gasteiger partial charge >= 0.3 is 0 Å². The smallest absolute Gasteiger partial charge is 0.136 e. The summed E-state index contributed by atoms with van der Waals surface area (Å²) in [6.07, 6.45) is 0. The molecule has 7 aromatic carbocycles. The molecule has 174 valence electrons. The van der Waals surface area contributed by atoms with Gasteiger partial charge in [0, 0.05) is 38.0 Å². The van der Waals surface area contributed by atoms with Crippen LogP contribution in [0.25, 0.3) is 92.9 Å². The lowest BCUT2D eigenvalue weighted by molar-refractivity contribution is 0.669. The normalized spacial score (nSPS) is 12.7. The van der Waals surface area contributed by atoms with Crippen LogP contribution in [-0.2, 0) is 0 Å². The minimum absolute atomic E-state index is 0.955. The van der Waals surface area contributed by atoms with Crippen LogP contribution < -0.4 is 0 Å². The summed E-state index contributed by atoms with van der Waals surface area (Å²) in [4.78, 5) is 0. The second-order valence-electron chi connectivity index (χ2n) is 10.5. The van der Waals surface area contributed by atoms with E-state index in [1.54, 1.807) is 0 Å². The fraction of sp³-hybridized carbons (Fsp3) is 0. The highest BCUT2D eigenvalue weighted by atomic mass is 16.3. The minimum Gasteiger partial charge on any atom is -0.456 e. The first-order valence-corrected chi connectivity index (χ1v) is 13.1. The molecule has 2 heteroatoms. The fourth-order valence-corrected chi connectivity index (χ4v) is 7.11. The predicted octanol–water partition coefficient (Wildman–Crippen LogP) is 10.1. The molecule has 2 nitrogen and oxygen atoms in total. The Kier molecular flexibility index (Phi) is 3.23. The number of aromatic nitrogens is 1. The number of nitrogens with zero attached hydrogens (tertiary/aromatic N) is 1.